The van der Waals surface area contributed by atoms with E-state index in [4.69, 9.17) is 4.74 Å². The first-order valence-electron chi connectivity index (χ1n) is 7.11. The van der Waals surface area contributed by atoms with Crippen LogP contribution in [-0.4, -0.2) is 21.6 Å². The first-order chi connectivity index (χ1) is 10.8. The fourth-order valence-electron chi connectivity index (χ4n) is 2.57. The lowest BCUT2D eigenvalue weighted by molar-refractivity contribution is 0.415. The Morgan fingerprint density at radius 1 is 1.00 bits per heavy atom. The normalized spacial score (nSPS) is 11.0. The summed E-state index contributed by atoms with van der Waals surface area (Å²) in [4.78, 5) is 8.02. The fraction of sp³-hybridized carbons (Fsp3) is 0.0556. The number of nitrogens with zero attached hydrogens (tertiary/aromatic N) is 2. The van der Waals surface area contributed by atoms with Gasteiger partial charge in [-0.15, -0.1) is 0 Å². The van der Waals surface area contributed by atoms with E-state index in [1.807, 2.05) is 48.8 Å². The first-order valence-corrected chi connectivity index (χ1v) is 7.11. The SMILES string of the molecule is COc1ccc2nc(-c3cccc(-n4cccc4)c3)[nH]c2c1. The smallest absolute Gasteiger partial charge is 0.138 e. The van der Waals surface area contributed by atoms with E-state index >= 15 is 0 Å². The molecular formula is C18H15N3O. The average molecular weight is 289 g/mol. The van der Waals surface area contributed by atoms with Gasteiger partial charge in [0.15, 0.2) is 0 Å². The Balaban J connectivity index is 1.80. The Hall–Kier alpha value is -3.01. The third kappa shape index (κ3) is 2.15. The van der Waals surface area contributed by atoms with E-state index in [1.54, 1.807) is 7.11 Å². The first kappa shape index (κ1) is 12.7. The number of hydrogen-bond acceptors (Lipinski definition) is 2. The molecule has 0 aliphatic rings. The minimum Gasteiger partial charge on any atom is -0.497 e. The summed E-state index contributed by atoms with van der Waals surface area (Å²) in [6.07, 6.45) is 4.06. The molecule has 4 rings (SSSR count). The molecule has 2 aromatic carbocycles. The molecule has 0 spiro atoms. The number of hydrogen-bond donors (Lipinski definition) is 1. The van der Waals surface area contributed by atoms with Crippen molar-refractivity contribution in [3.8, 4) is 22.8 Å². The molecule has 4 heteroatoms. The van der Waals surface area contributed by atoms with Crippen molar-refractivity contribution in [1.82, 2.24) is 14.5 Å². The molecule has 22 heavy (non-hydrogen) atoms. The average Bonchev–Trinajstić information content (AvgIpc) is 3.23. The van der Waals surface area contributed by atoms with E-state index in [1.165, 1.54) is 0 Å². The minimum atomic E-state index is 0.823. The second kappa shape index (κ2) is 5.07. The van der Waals surface area contributed by atoms with E-state index in [0.717, 1.165) is 33.9 Å². The van der Waals surface area contributed by atoms with Crippen LogP contribution in [0.5, 0.6) is 5.75 Å². The number of ether oxygens (including phenoxy) is 1. The molecule has 0 amide bonds. The summed E-state index contributed by atoms with van der Waals surface area (Å²) in [6, 6.07) is 18.2. The van der Waals surface area contributed by atoms with Crippen LogP contribution in [0.15, 0.2) is 67.0 Å². The van der Waals surface area contributed by atoms with Gasteiger partial charge in [-0.05, 0) is 36.4 Å². The van der Waals surface area contributed by atoms with Crippen molar-refractivity contribution >= 4 is 11.0 Å². The molecule has 2 aromatic heterocycles. The number of H-pyrrole nitrogens is 1. The number of nitrogens with one attached hydrogen (secondary N) is 1. The molecule has 1 N–H and O–H groups in total. The van der Waals surface area contributed by atoms with Gasteiger partial charge in [0.05, 0.1) is 18.1 Å². The maximum Gasteiger partial charge on any atom is 0.138 e. The van der Waals surface area contributed by atoms with Crippen molar-refractivity contribution in [2.75, 3.05) is 7.11 Å². The van der Waals surface area contributed by atoms with E-state index in [-0.39, 0.29) is 0 Å². The van der Waals surface area contributed by atoms with Gasteiger partial charge in [0.2, 0.25) is 0 Å². The molecule has 0 aliphatic heterocycles. The van der Waals surface area contributed by atoms with Crippen LogP contribution in [0.25, 0.3) is 28.1 Å². The topological polar surface area (TPSA) is 42.8 Å². The quantitative estimate of drug-likeness (QED) is 0.619. The van der Waals surface area contributed by atoms with Crippen molar-refractivity contribution in [3.05, 3.63) is 67.0 Å². The van der Waals surface area contributed by atoms with Gasteiger partial charge in [-0.25, -0.2) is 4.98 Å². The van der Waals surface area contributed by atoms with Gasteiger partial charge in [0, 0.05) is 29.7 Å². The highest BCUT2D eigenvalue weighted by atomic mass is 16.5. The number of imidazole rings is 1. The van der Waals surface area contributed by atoms with Gasteiger partial charge in [0.1, 0.15) is 11.6 Å². The number of methoxy groups -OCH3 is 1. The number of aromatic nitrogens is 3. The predicted molar refractivity (Wildman–Crippen MR) is 87.4 cm³/mol. The third-order valence-electron chi connectivity index (χ3n) is 3.71. The van der Waals surface area contributed by atoms with Crippen LogP contribution in [0.1, 0.15) is 0 Å². The zero-order chi connectivity index (χ0) is 14.9. The molecule has 0 unspecified atom stereocenters. The van der Waals surface area contributed by atoms with Crippen LogP contribution in [-0.2, 0) is 0 Å². The molecule has 108 valence electrons. The van der Waals surface area contributed by atoms with Crippen LogP contribution in [0.3, 0.4) is 0 Å². The molecule has 4 aromatic rings. The standard InChI is InChI=1S/C18H15N3O/c1-22-15-7-8-16-17(12-15)20-18(19-16)13-5-4-6-14(11-13)21-9-2-3-10-21/h2-12H,1H3,(H,19,20). The summed E-state index contributed by atoms with van der Waals surface area (Å²) in [6.45, 7) is 0. The van der Waals surface area contributed by atoms with Crippen LogP contribution < -0.4 is 4.74 Å². The fourth-order valence-corrected chi connectivity index (χ4v) is 2.57. The summed E-state index contributed by atoms with van der Waals surface area (Å²) >= 11 is 0. The number of rotatable bonds is 3. The van der Waals surface area contributed by atoms with Gasteiger partial charge in [-0.3, -0.25) is 0 Å². The Bertz CT molecular complexity index is 923. The summed E-state index contributed by atoms with van der Waals surface area (Å²) in [5.74, 6) is 1.68. The highest BCUT2D eigenvalue weighted by molar-refractivity contribution is 5.81. The minimum absolute atomic E-state index is 0.823. The molecule has 2 heterocycles. The summed E-state index contributed by atoms with van der Waals surface area (Å²) in [5, 5.41) is 0. The van der Waals surface area contributed by atoms with Gasteiger partial charge < -0.3 is 14.3 Å². The van der Waals surface area contributed by atoms with E-state index < -0.39 is 0 Å². The van der Waals surface area contributed by atoms with Gasteiger partial charge in [-0.1, -0.05) is 12.1 Å². The van der Waals surface area contributed by atoms with Gasteiger partial charge in [-0.2, -0.15) is 0 Å². The van der Waals surface area contributed by atoms with E-state index in [0.29, 0.717) is 0 Å². The van der Waals surface area contributed by atoms with Crippen LogP contribution in [0, 0.1) is 0 Å². The van der Waals surface area contributed by atoms with Gasteiger partial charge in [0.25, 0.3) is 0 Å². The zero-order valence-corrected chi connectivity index (χ0v) is 12.2. The zero-order valence-electron chi connectivity index (χ0n) is 12.2. The van der Waals surface area contributed by atoms with Gasteiger partial charge >= 0.3 is 0 Å². The predicted octanol–water partition coefficient (Wildman–Crippen LogP) is 4.03. The number of fused-ring (bicyclic) bond motifs is 1. The van der Waals surface area contributed by atoms with Crippen LogP contribution >= 0.6 is 0 Å². The summed E-state index contributed by atoms with van der Waals surface area (Å²) in [5.41, 5.74) is 4.07. The van der Waals surface area contributed by atoms with E-state index in [9.17, 15) is 0 Å². The maximum atomic E-state index is 5.25. The molecule has 0 saturated carbocycles. The lowest BCUT2D eigenvalue weighted by Crippen LogP contribution is -1.90. The van der Waals surface area contributed by atoms with Crippen LogP contribution in [0.2, 0.25) is 0 Å². The molecule has 0 saturated heterocycles. The van der Waals surface area contributed by atoms with Crippen LogP contribution in [0.4, 0.5) is 0 Å². The van der Waals surface area contributed by atoms with Crippen molar-refractivity contribution in [2.45, 2.75) is 0 Å². The third-order valence-corrected chi connectivity index (χ3v) is 3.71. The van der Waals surface area contributed by atoms with Crippen molar-refractivity contribution in [3.63, 3.8) is 0 Å². The molecule has 0 atom stereocenters. The molecule has 0 radical (unpaired) electrons. The largest absolute Gasteiger partial charge is 0.497 e. The second-order valence-corrected chi connectivity index (χ2v) is 5.11. The Morgan fingerprint density at radius 3 is 2.68 bits per heavy atom. The highest BCUT2D eigenvalue weighted by Gasteiger charge is 2.07. The molecule has 0 bridgehead atoms. The number of aromatic amines is 1. The Labute approximate surface area is 128 Å². The van der Waals surface area contributed by atoms with Crippen molar-refractivity contribution < 1.29 is 4.74 Å². The Kier molecular flexibility index (Phi) is 2.93. The van der Waals surface area contributed by atoms with Crippen molar-refractivity contribution in [1.29, 1.82) is 0 Å². The maximum absolute atomic E-state index is 5.25. The Morgan fingerprint density at radius 2 is 1.86 bits per heavy atom. The second-order valence-electron chi connectivity index (χ2n) is 5.11. The van der Waals surface area contributed by atoms with Crippen molar-refractivity contribution in [2.24, 2.45) is 0 Å². The molecule has 4 nitrogen and oxygen atoms in total. The monoisotopic (exact) mass is 289 g/mol. The molecular weight excluding hydrogens is 274 g/mol. The lowest BCUT2D eigenvalue weighted by Gasteiger charge is -2.04. The summed E-state index contributed by atoms with van der Waals surface area (Å²) < 4.78 is 7.33. The lowest BCUT2D eigenvalue weighted by atomic mass is 10.2. The number of benzene rings is 2. The van der Waals surface area contributed by atoms with E-state index in [2.05, 4.69) is 32.7 Å². The molecule has 0 fully saturated rings. The molecule has 0 aliphatic carbocycles. The summed E-state index contributed by atoms with van der Waals surface area (Å²) in [7, 11) is 1.67. The highest BCUT2D eigenvalue weighted by Crippen LogP contribution is 2.25.